The molecule has 0 bridgehead atoms. The summed E-state index contributed by atoms with van der Waals surface area (Å²) < 4.78 is 0. The van der Waals surface area contributed by atoms with Gasteiger partial charge in [0, 0.05) is 0 Å². The highest BCUT2D eigenvalue weighted by Crippen LogP contribution is 2.22. The van der Waals surface area contributed by atoms with Crippen LogP contribution in [0.5, 0.6) is 0 Å². The van der Waals surface area contributed by atoms with Crippen LogP contribution in [0, 0.1) is 0 Å². The molecule has 0 saturated carbocycles. The number of rotatable bonds is 2. The van der Waals surface area contributed by atoms with E-state index in [9.17, 15) is 0 Å². The van der Waals surface area contributed by atoms with Crippen LogP contribution in [0.2, 0.25) is 0 Å². The van der Waals surface area contributed by atoms with Gasteiger partial charge < -0.3 is 11.5 Å². The lowest BCUT2D eigenvalue weighted by Gasteiger charge is -2.16. The number of guanidine groups is 1. The predicted octanol–water partition coefficient (Wildman–Crippen LogP) is 1.56. The molecule has 1 aliphatic rings. The summed E-state index contributed by atoms with van der Waals surface area (Å²) >= 11 is 0. The maximum Gasteiger partial charge on any atom is 0.211 e. The first-order valence-electron chi connectivity index (χ1n) is 5.92. The van der Waals surface area contributed by atoms with Crippen LogP contribution in [-0.2, 0) is 12.8 Å². The summed E-state index contributed by atoms with van der Waals surface area (Å²) in [4.78, 5) is 0. The summed E-state index contributed by atoms with van der Waals surface area (Å²) in [5.41, 5.74) is 15.3. The van der Waals surface area contributed by atoms with Gasteiger partial charge in [-0.2, -0.15) is 5.10 Å². The van der Waals surface area contributed by atoms with E-state index in [1.807, 2.05) is 6.92 Å². The predicted molar refractivity (Wildman–Crippen MR) is 71.1 cm³/mol. The van der Waals surface area contributed by atoms with Crippen LogP contribution in [0.4, 0.5) is 0 Å². The molecule has 1 aromatic rings. The van der Waals surface area contributed by atoms with Crippen molar-refractivity contribution in [3.05, 3.63) is 34.9 Å². The Morgan fingerprint density at radius 1 is 1.06 bits per heavy atom. The molecule has 4 heteroatoms. The normalized spacial score (nSPS) is 15.2. The van der Waals surface area contributed by atoms with Crippen LogP contribution in [-0.4, -0.2) is 11.7 Å². The van der Waals surface area contributed by atoms with Gasteiger partial charge in [0.2, 0.25) is 5.96 Å². The van der Waals surface area contributed by atoms with E-state index in [-0.39, 0.29) is 5.96 Å². The number of hydrogen-bond acceptors (Lipinski definition) is 2. The monoisotopic (exact) mass is 230 g/mol. The lowest BCUT2D eigenvalue weighted by Crippen LogP contribution is -2.22. The molecule has 2 rings (SSSR count). The third-order valence-electron chi connectivity index (χ3n) is 3.08. The van der Waals surface area contributed by atoms with Crippen molar-refractivity contribution < 1.29 is 0 Å². The zero-order valence-corrected chi connectivity index (χ0v) is 10.1. The molecule has 17 heavy (non-hydrogen) atoms. The van der Waals surface area contributed by atoms with Crippen LogP contribution in [0.15, 0.2) is 28.4 Å². The van der Waals surface area contributed by atoms with Crippen molar-refractivity contribution in [3.8, 4) is 0 Å². The minimum atomic E-state index is -0.0117. The Balaban J connectivity index is 2.28. The molecule has 0 amide bonds. The summed E-state index contributed by atoms with van der Waals surface area (Å²) in [6.07, 6.45) is 4.94. The largest absolute Gasteiger partial charge is 0.369 e. The number of benzene rings is 1. The molecule has 1 aliphatic carbocycles. The van der Waals surface area contributed by atoms with E-state index < -0.39 is 0 Å². The molecule has 0 heterocycles. The average Bonchev–Trinajstić information content (AvgIpc) is 2.35. The SMILES string of the molecule is CC(=NN=C(N)N)c1ccc2c(c1)CCCC2. The van der Waals surface area contributed by atoms with Gasteiger partial charge in [0.1, 0.15) is 0 Å². The van der Waals surface area contributed by atoms with Gasteiger partial charge in [0.05, 0.1) is 5.71 Å². The quantitative estimate of drug-likeness (QED) is 0.459. The van der Waals surface area contributed by atoms with Gasteiger partial charge in [0.25, 0.3) is 0 Å². The molecule has 0 aliphatic heterocycles. The summed E-state index contributed by atoms with van der Waals surface area (Å²) in [6.45, 7) is 1.91. The Morgan fingerprint density at radius 2 is 1.76 bits per heavy atom. The van der Waals surface area contributed by atoms with Crippen molar-refractivity contribution >= 4 is 11.7 Å². The fourth-order valence-corrected chi connectivity index (χ4v) is 2.15. The van der Waals surface area contributed by atoms with Gasteiger partial charge >= 0.3 is 0 Å². The highest BCUT2D eigenvalue weighted by atomic mass is 15.3. The van der Waals surface area contributed by atoms with Gasteiger partial charge in [-0.3, -0.25) is 0 Å². The number of nitrogens with two attached hydrogens (primary N) is 2. The first-order valence-corrected chi connectivity index (χ1v) is 5.92. The molecule has 4 N–H and O–H groups in total. The standard InChI is InChI=1S/C13H18N4/c1-9(16-17-13(14)15)11-7-6-10-4-2-3-5-12(10)8-11/h6-8H,2-5H2,1H3,(H4,14,15,17). The molecule has 0 saturated heterocycles. The van der Waals surface area contributed by atoms with E-state index in [0.717, 1.165) is 11.3 Å². The summed E-state index contributed by atoms with van der Waals surface area (Å²) in [5, 5.41) is 7.67. The lowest BCUT2D eigenvalue weighted by atomic mass is 9.90. The Labute approximate surface area is 101 Å². The number of aryl methyl sites for hydroxylation is 2. The van der Waals surface area contributed by atoms with Crippen LogP contribution < -0.4 is 11.5 Å². The minimum Gasteiger partial charge on any atom is -0.369 e. The highest BCUT2D eigenvalue weighted by molar-refractivity contribution is 5.99. The van der Waals surface area contributed by atoms with Gasteiger partial charge in [-0.15, -0.1) is 5.10 Å². The van der Waals surface area contributed by atoms with Crippen LogP contribution in [0.25, 0.3) is 0 Å². The Morgan fingerprint density at radius 3 is 2.47 bits per heavy atom. The molecule has 4 nitrogen and oxygen atoms in total. The van der Waals surface area contributed by atoms with Crippen molar-refractivity contribution in [3.63, 3.8) is 0 Å². The van der Waals surface area contributed by atoms with Gasteiger partial charge in [-0.05, 0) is 55.4 Å². The fraction of sp³-hybridized carbons (Fsp3) is 0.385. The maximum absolute atomic E-state index is 5.25. The second-order valence-electron chi connectivity index (χ2n) is 4.40. The molecular weight excluding hydrogens is 212 g/mol. The smallest absolute Gasteiger partial charge is 0.211 e. The topological polar surface area (TPSA) is 76.8 Å². The second kappa shape index (κ2) is 4.99. The summed E-state index contributed by atoms with van der Waals surface area (Å²) in [6, 6.07) is 6.49. The average molecular weight is 230 g/mol. The minimum absolute atomic E-state index is 0.0117. The molecule has 0 fully saturated rings. The molecule has 0 unspecified atom stereocenters. The number of nitrogens with zero attached hydrogens (tertiary/aromatic N) is 2. The van der Waals surface area contributed by atoms with E-state index in [1.165, 1.54) is 36.8 Å². The molecule has 0 spiro atoms. The Kier molecular flexibility index (Phi) is 3.42. The molecule has 90 valence electrons. The fourth-order valence-electron chi connectivity index (χ4n) is 2.15. The molecule has 1 aromatic carbocycles. The van der Waals surface area contributed by atoms with E-state index >= 15 is 0 Å². The summed E-state index contributed by atoms with van der Waals surface area (Å²) in [7, 11) is 0. The van der Waals surface area contributed by atoms with Crippen molar-refractivity contribution in [1.82, 2.24) is 0 Å². The third-order valence-corrected chi connectivity index (χ3v) is 3.08. The van der Waals surface area contributed by atoms with Gasteiger partial charge in [0.15, 0.2) is 0 Å². The van der Waals surface area contributed by atoms with Gasteiger partial charge in [-0.25, -0.2) is 0 Å². The second-order valence-corrected chi connectivity index (χ2v) is 4.40. The number of fused-ring (bicyclic) bond motifs is 1. The van der Waals surface area contributed by atoms with Crippen LogP contribution >= 0.6 is 0 Å². The molecular formula is C13H18N4. The molecule has 0 aromatic heterocycles. The zero-order valence-electron chi connectivity index (χ0n) is 10.1. The van der Waals surface area contributed by atoms with Crippen molar-refractivity contribution in [2.45, 2.75) is 32.6 Å². The lowest BCUT2D eigenvalue weighted by molar-refractivity contribution is 0.685. The maximum atomic E-state index is 5.25. The van der Waals surface area contributed by atoms with E-state index in [4.69, 9.17) is 11.5 Å². The first kappa shape index (κ1) is 11.6. The molecule has 0 radical (unpaired) electrons. The van der Waals surface area contributed by atoms with E-state index in [0.29, 0.717) is 0 Å². The Hall–Kier alpha value is -1.84. The van der Waals surface area contributed by atoms with E-state index in [1.54, 1.807) is 0 Å². The van der Waals surface area contributed by atoms with Crippen molar-refractivity contribution in [1.29, 1.82) is 0 Å². The highest BCUT2D eigenvalue weighted by Gasteiger charge is 2.10. The van der Waals surface area contributed by atoms with Crippen molar-refractivity contribution in [2.75, 3.05) is 0 Å². The number of hydrogen-bond donors (Lipinski definition) is 2. The molecule has 0 atom stereocenters. The Bertz CT molecular complexity index is 470. The van der Waals surface area contributed by atoms with Gasteiger partial charge in [-0.1, -0.05) is 12.1 Å². The zero-order chi connectivity index (χ0) is 12.3. The van der Waals surface area contributed by atoms with Crippen molar-refractivity contribution in [2.24, 2.45) is 21.7 Å². The summed E-state index contributed by atoms with van der Waals surface area (Å²) in [5.74, 6) is -0.0117. The first-order chi connectivity index (χ1) is 8.16. The van der Waals surface area contributed by atoms with Crippen LogP contribution in [0.1, 0.15) is 36.5 Å². The van der Waals surface area contributed by atoms with E-state index in [2.05, 4.69) is 28.4 Å². The van der Waals surface area contributed by atoms with Crippen LogP contribution in [0.3, 0.4) is 0 Å². The third kappa shape index (κ3) is 2.84.